The molecule has 14 nitrogen and oxygen atoms in total. The van der Waals surface area contributed by atoms with E-state index >= 15 is 0 Å². The zero-order valence-corrected chi connectivity index (χ0v) is 18.9. The predicted octanol–water partition coefficient (Wildman–Crippen LogP) is -2.44. The number of hydrogen-bond donors (Lipinski definition) is 8. The van der Waals surface area contributed by atoms with E-state index in [-0.39, 0.29) is 25.0 Å². The normalized spacial score (nSPS) is 14.0. The summed E-state index contributed by atoms with van der Waals surface area (Å²) in [7, 11) is 0. The van der Waals surface area contributed by atoms with E-state index in [0.717, 1.165) is 0 Å². The maximum Gasteiger partial charge on any atom is 0.326 e. The summed E-state index contributed by atoms with van der Waals surface area (Å²) in [5.41, 5.74) is 11.1. The topological polar surface area (TPSA) is 251 Å². The molecule has 1 aromatic carbocycles. The number of phenols is 1. The number of rotatable bonds is 14. The number of aliphatic carboxylic acids is 2. The van der Waals surface area contributed by atoms with Crippen LogP contribution in [0.25, 0.3) is 0 Å². The summed E-state index contributed by atoms with van der Waals surface area (Å²) >= 11 is 0. The van der Waals surface area contributed by atoms with E-state index in [9.17, 15) is 39.0 Å². The number of carboxylic acid groups (broad SMARTS) is 2. The molecule has 10 N–H and O–H groups in total. The van der Waals surface area contributed by atoms with Gasteiger partial charge in [0, 0.05) is 12.8 Å². The van der Waals surface area contributed by atoms with Gasteiger partial charge in [-0.2, -0.15) is 0 Å². The third-order valence-electron chi connectivity index (χ3n) is 4.79. The highest BCUT2D eigenvalue weighted by Crippen LogP contribution is 2.12. The van der Waals surface area contributed by atoms with E-state index < -0.39 is 66.2 Å². The summed E-state index contributed by atoms with van der Waals surface area (Å²) < 4.78 is 0. The highest BCUT2D eigenvalue weighted by atomic mass is 16.4. The Balaban J connectivity index is 2.96. The van der Waals surface area contributed by atoms with Gasteiger partial charge in [-0.05, 0) is 31.0 Å². The Morgan fingerprint density at radius 1 is 0.886 bits per heavy atom. The Bertz CT molecular complexity index is 951. The van der Waals surface area contributed by atoms with Crippen LogP contribution >= 0.6 is 0 Å². The molecule has 0 aromatic heterocycles. The number of phenolic OH excluding ortho intramolecular Hbond substituents is 1. The Kier molecular flexibility index (Phi) is 11.1. The second-order valence-electron chi connectivity index (χ2n) is 7.77. The zero-order chi connectivity index (χ0) is 26.7. The van der Waals surface area contributed by atoms with Gasteiger partial charge in [0.25, 0.3) is 0 Å². The van der Waals surface area contributed by atoms with E-state index in [1.165, 1.54) is 31.2 Å². The van der Waals surface area contributed by atoms with E-state index in [1.807, 2.05) is 0 Å². The fourth-order valence-electron chi connectivity index (χ4n) is 2.84. The summed E-state index contributed by atoms with van der Waals surface area (Å²) in [6.45, 7) is 1.31. The average molecular weight is 495 g/mol. The number of carboxylic acids is 2. The highest BCUT2D eigenvalue weighted by Gasteiger charge is 2.29. The number of nitrogens with one attached hydrogen (secondary N) is 3. The first-order valence-electron chi connectivity index (χ1n) is 10.5. The lowest BCUT2D eigenvalue weighted by Crippen LogP contribution is -2.57. The first-order valence-corrected chi connectivity index (χ1v) is 10.5. The minimum Gasteiger partial charge on any atom is -0.508 e. The van der Waals surface area contributed by atoms with Crippen LogP contribution < -0.4 is 27.4 Å². The molecule has 0 fully saturated rings. The SMILES string of the molecule is CC(NC(=O)C(N)CCC(=O)O)C(=O)NC(Cc1ccc(O)cc1)C(=O)NC(CC(N)=O)C(=O)O. The lowest BCUT2D eigenvalue weighted by Gasteiger charge is -2.23. The standard InChI is InChI=1S/C21H29N5O9/c1-10(24-19(32)13(22)6-7-17(29)30)18(31)25-14(8-11-2-4-12(27)5-3-11)20(33)26-15(21(34)35)9-16(23)28/h2-5,10,13-15,27H,6-9,22H2,1H3,(H2,23,28)(H,24,32)(H,25,31)(H,26,33)(H,29,30)(H,34,35). The van der Waals surface area contributed by atoms with Crippen molar-refractivity contribution < 1.29 is 44.1 Å². The number of nitrogens with two attached hydrogens (primary N) is 2. The molecular weight excluding hydrogens is 466 g/mol. The van der Waals surface area contributed by atoms with Crippen LogP contribution in [-0.4, -0.2) is 75.1 Å². The maximum absolute atomic E-state index is 12.8. The van der Waals surface area contributed by atoms with Gasteiger partial charge < -0.3 is 42.7 Å². The van der Waals surface area contributed by atoms with Crippen molar-refractivity contribution in [2.45, 2.75) is 56.8 Å². The van der Waals surface area contributed by atoms with Gasteiger partial charge in [-0.25, -0.2) is 4.79 Å². The smallest absolute Gasteiger partial charge is 0.326 e. The monoisotopic (exact) mass is 495 g/mol. The lowest BCUT2D eigenvalue weighted by molar-refractivity contribution is -0.143. The van der Waals surface area contributed by atoms with Gasteiger partial charge in [0.1, 0.15) is 23.9 Å². The predicted molar refractivity (Wildman–Crippen MR) is 120 cm³/mol. The van der Waals surface area contributed by atoms with Gasteiger partial charge in [0.05, 0.1) is 12.5 Å². The molecule has 0 radical (unpaired) electrons. The van der Waals surface area contributed by atoms with Crippen LogP contribution in [-0.2, 0) is 35.2 Å². The molecule has 0 aliphatic heterocycles. The van der Waals surface area contributed by atoms with Crippen molar-refractivity contribution in [3.63, 3.8) is 0 Å². The molecule has 0 spiro atoms. The third-order valence-corrected chi connectivity index (χ3v) is 4.79. The first-order chi connectivity index (χ1) is 16.3. The molecule has 35 heavy (non-hydrogen) atoms. The molecule has 0 heterocycles. The van der Waals surface area contributed by atoms with Crippen LogP contribution in [0.3, 0.4) is 0 Å². The summed E-state index contributed by atoms with van der Waals surface area (Å²) in [4.78, 5) is 70.7. The third kappa shape index (κ3) is 10.5. The number of amides is 4. The highest BCUT2D eigenvalue weighted by molar-refractivity contribution is 5.94. The number of carbonyl (C=O) groups is 6. The maximum atomic E-state index is 12.8. The Labute approximate surface area is 200 Å². The van der Waals surface area contributed by atoms with Crippen LogP contribution in [0.15, 0.2) is 24.3 Å². The zero-order valence-electron chi connectivity index (χ0n) is 18.9. The number of hydrogen-bond acceptors (Lipinski definition) is 8. The summed E-state index contributed by atoms with van der Waals surface area (Å²) in [5, 5.41) is 34.2. The number of carbonyl (C=O) groups excluding carboxylic acids is 4. The van der Waals surface area contributed by atoms with Gasteiger partial charge in [-0.3, -0.25) is 24.0 Å². The first kappa shape index (κ1) is 28.8. The number of aromatic hydroxyl groups is 1. The van der Waals surface area contributed by atoms with Crippen molar-refractivity contribution in [3.8, 4) is 5.75 Å². The number of benzene rings is 1. The minimum absolute atomic E-state index is 0.0400. The quantitative estimate of drug-likeness (QED) is 0.135. The van der Waals surface area contributed by atoms with E-state index in [0.29, 0.717) is 5.56 Å². The molecule has 0 saturated heterocycles. The number of primary amides is 1. The average Bonchev–Trinajstić information content (AvgIpc) is 2.77. The lowest BCUT2D eigenvalue weighted by atomic mass is 10.0. The van der Waals surface area contributed by atoms with Crippen LogP contribution in [0.5, 0.6) is 5.75 Å². The molecule has 4 amide bonds. The van der Waals surface area contributed by atoms with Gasteiger partial charge in [0.15, 0.2) is 0 Å². The summed E-state index contributed by atoms with van der Waals surface area (Å²) in [5.74, 6) is -6.18. The fourth-order valence-corrected chi connectivity index (χ4v) is 2.84. The van der Waals surface area contributed by atoms with Crippen molar-refractivity contribution in [1.29, 1.82) is 0 Å². The molecule has 0 aliphatic rings. The molecule has 0 aliphatic carbocycles. The van der Waals surface area contributed by atoms with E-state index in [1.54, 1.807) is 0 Å². The van der Waals surface area contributed by atoms with Crippen molar-refractivity contribution in [3.05, 3.63) is 29.8 Å². The van der Waals surface area contributed by atoms with Crippen molar-refractivity contribution >= 4 is 35.6 Å². The summed E-state index contributed by atoms with van der Waals surface area (Å²) in [6.07, 6.45) is -1.31. The molecular formula is C21H29N5O9. The van der Waals surface area contributed by atoms with Crippen molar-refractivity contribution in [1.82, 2.24) is 16.0 Å². The van der Waals surface area contributed by atoms with E-state index in [2.05, 4.69) is 16.0 Å². The molecule has 1 rings (SSSR count). The van der Waals surface area contributed by atoms with Gasteiger partial charge in [-0.15, -0.1) is 0 Å². The van der Waals surface area contributed by atoms with Crippen molar-refractivity contribution in [2.24, 2.45) is 11.5 Å². The van der Waals surface area contributed by atoms with Gasteiger partial charge in [-0.1, -0.05) is 12.1 Å². The second-order valence-corrected chi connectivity index (χ2v) is 7.77. The molecule has 192 valence electrons. The minimum atomic E-state index is -1.64. The Hall–Kier alpha value is -4.20. The molecule has 4 unspecified atom stereocenters. The molecule has 14 heteroatoms. The Morgan fingerprint density at radius 3 is 1.97 bits per heavy atom. The van der Waals surface area contributed by atoms with E-state index in [4.69, 9.17) is 16.6 Å². The van der Waals surface area contributed by atoms with Gasteiger partial charge in [0.2, 0.25) is 23.6 Å². The van der Waals surface area contributed by atoms with Crippen LogP contribution in [0, 0.1) is 0 Å². The largest absolute Gasteiger partial charge is 0.508 e. The van der Waals surface area contributed by atoms with Crippen LogP contribution in [0.4, 0.5) is 0 Å². The molecule has 4 atom stereocenters. The second kappa shape index (κ2) is 13.5. The van der Waals surface area contributed by atoms with Crippen LogP contribution in [0.2, 0.25) is 0 Å². The molecule has 0 bridgehead atoms. The molecule has 0 saturated carbocycles. The Morgan fingerprint density at radius 2 is 1.46 bits per heavy atom. The summed E-state index contributed by atoms with van der Waals surface area (Å²) in [6, 6.07) is 0.322. The van der Waals surface area contributed by atoms with Crippen molar-refractivity contribution in [2.75, 3.05) is 0 Å². The van der Waals surface area contributed by atoms with Gasteiger partial charge >= 0.3 is 11.9 Å². The molecule has 1 aromatic rings. The van der Waals surface area contributed by atoms with Crippen LogP contribution in [0.1, 0.15) is 31.7 Å². The fraction of sp³-hybridized carbons (Fsp3) is 0.429.